The van der Waals surface area contributed by atoms with Gasteiger partial charge in [0.05, 0.1) is 23.2 Å². The summed E-state index contributed by atoms with van der Waals surface area (Å²) in [5, 5.41) is 0. The molecule has 3 aromatic rings. The minimum Gasteiger partial charge on any atom is -0.345 e. The molecule has 2 N–H and O–H groups in total. The molecule has 11 nitrogen and oxygen atoms in total. The molecule has 2 heterocycles. The van der Waals surface area contributed by atoms with E-state index in [9.17, 15) is 22.7 Å². The van der Waals surface area contributed by atoms with Crippen molar-refractivity contribution in [1.82, 2.24) is 9.55 Å². The molecule has 4 atom stereocenters. The summed E-state index contributed by atoms with van der Waals surface area (Å²) < 4.78 is 88.2. The highest BCUT2D eigenvalue weighted by Crippen LogP contribution is 2.64. The summed E-state index contributed by atoms with van der Waals surface area (Å²) in [7, 11) is -9.02. The van der Waals surface area contributed by atoms with E-state index in [1.54, 1.807) is 26.0 Å². The van der Waals surface area contributed by atoms with Crippen molar-refractivity contribution >= 4 is 33.4 Å². The maximum absolute atomic E-state index is 15.2. The van der Waals surface area contributed by atoms with Crippen LogP contribution in [0.15, 0.2) is 62.8 Å². The topological polar surface area (TPSA) is 149 Å². The van der Waals surface area contributed by atoms with Gasteiger partial charge in [-0.1, -0.05) is 40.2 Å². The fourth-order valence-electron chi connectivity index (χ4n) is 3.93. The lowest BCUT2D eigenvalue weighted by molar-refractivity contribution is -0.120. The first kappa shape index (κ1) is 31.7. The van der Waals surface area contributed by atoms with Gasteiger partial charge < -0.3 is 24.1 Å². The molecule has 1 aliphatic heterocycles. The lowest BCUT2D eigenvalue weighted by atomic mass is 10.1. The zero-order chi connectivity index (χ0) is 30.3. The summed E-state index contributed by atoms with van der Waals surface area (Å²) >= 11 is 3.05. The monoisotopic (exact) mass is 680 g/mol. The third-order valence-electron chi connectivity index (χ3n) is 5.94. The van der Waals surface area contributed by atoms with Crippen molar-refractivity contribution in [3.63, 3.8) is 0 Å². The van der Waals surface area contributed by atoms with E-state index in [0.29, 0.717) is 16.8 Å². The number of epoxide rings is 1. The van der Waals surface area contributed by atoms with E-state index in [1.165, 1.54) is 42.0 Å². The van der Waals surface area contributed by atoms with E-state index in [1.807, 2.05) is 0 Å². The second kappa shape index (κ2) is 11.8. The van der Waals surface area contributed by atoms with Crippen molar-refractivity contribution in [2.75, 3.05) is 6.26 Å². The first-order chi connectivity index (χ1) is 19.0. The Labute approximate surface area is 243 Å². The highest BCUT2D eigenvalue weighted by molar-refractivity contribution is 9.10. The molecule has 0 amide bonds. The SMILES string of the molecule is CC(C)OC1OC1OC(C)OP(=O)(O)C(F)(F)c1ccc(Cn2c(-c3ccc(S(C)(=O)=O)cc3)c[nH]c2=O)cc1Br. The van der Waals surface area contributed by atoms with Gasteiger partial charge in [0.2, 0.25) is 12.6 Å². The molecule has 4 rings (SSSR count). The molecule has 1 aliphatic rings. The third-order valence-corrected chi connectivity index (χ3v) is 9.25. The van der Waals surface area contributed by atoms with Gasteiger partial charge in [0.15, 0.2) is 16.1 Å². The fraction of sp³-hybridized carbons (Fsp3) is 0.400. The van der Waals surface area contributed by atoms with Crippen LogP contribution in [0.4, 0.5) is 8.78 Å². The van der Waals surface area contributed by atoms with Crippen molar-refractivity contribution in [3.8, 4) is 11.3 Å². The van der Waals surface area contributed by atoms with Gasteiger partial charge in [0, 0.05) is 22.5 Å². The molecule has 0 bridgehead atoms. The Morgan fingerprint density at radius 2 is 1.78 bits per heavy atom. The van der Waals surface area contributed by atoms with Crippen LogP contribution in [0, 0.1) is 0 Å². The number of halogens is 3. The van der Waals surface area contributed by atoms with Crippen molar-refractivity contribution in [2.24, 2.45) is 0 Å². The van der Waals surface area contributed by atoms with Crippen LogP contribution in [0.3, 0.4) is 0 Å². The number of nitrogens with one attached hydrogen (secondary N) is 1. The van der Waals surface area contributed by atoms with Gasteiger partial charge in [0.25, 0.3) is 0 Å². The van der Waals surface area contributed by atoms with Crippen LogP contribution in [0.2, 0.25) is 0 Å². The first-order valence-electron chi connectivity index (χ1n) is 12.2. The van der Waals surface area contributed by atoms with Gasteiger partial charge in [0.1, 0.15) is 0 Å². The normalized spacial score (nSPS) is 19.7. The van der Waals surface area contributed by atoms with E-state index < -0.39 is 53.2 Å². The molecule has 1 aromatic heterocycles. The van der Waals surface area contributed by atoms with Crippen LogP contribution in [0.25, 0.3) is 11.3 Å². The van der Waals surface area contributed by atoms with E-state index in [0.717, 1.165) is 12.3 Å². The van der Waals surface area contributed by atoms with Crippen LogP contribution in [-0.2, 0) is 45.3 Å². The molecule has 224 valence electrons. The summed E-state index contributed by atoms with van der Waals surface area (Å²) in [5.41, 5.74) is -4.21. The molecule has 1 fully saturated rings. The van der Waals surface area contributed by atoms with Gasteiger partial charge in [-0.2, -0.15) is 8.78 Å². The van der Waals surface area contributed by atoms with Crippen LogP contribution >= 0.6 is 23.5 Å². The molecular formula is C25H28BrF2N2O9PS. The van der Waals surface area contributed by atoms with Crippen LogP contribution in [-0.4, -0.2) is 54.1 Å². The summed E-state index contributed by atoms with van der Waals surface area (Å²) in [6.45, 7) is 4.67. The Hall–Kier alpha value is -2.23. The lowest BCUT2D eigenvalue weighted by Crippen LogP contribution is -2.23. The van der Waals surface area contributed by atoms with E-state index >= 15 is 8.78 Å². The summed E-state index contributed by atoms with van der Waals surface area (Å²) in [6.07, 6.45) is -0.786. The number of aromatic amines is 1. The lowest BCUT2D eigenvalue weighted by Gasteiger charge is -2.25. The molecule has 2 aromatic carbocycles. The predicted molar refractivity (Wildman–Crippen MR) is 147 cm³/mol. The number of H-pyrrole nitrogens is 1. The van der Waals surface area contributed by atoms with E-state index in [4.69, 9.17) is 18.7 Å². The van der Waals surface area contributed by atoms with E-state index in [2.05, 4.69) is 20.9 Å². The van der Waals surface area contributed by atoms with Crippen molar-refractivity contribution in [1.29, 1.82) is 0 Å². The smallest absolute Gasteiger partial charge is 0.345 e. The number of rotatable bonds is 12. The Bertz CT molecular complexity index is 1630. The number of hydrogen-bond acceptors (Lipinski definition) is 8. The number of imidazole rings is 1. The summed E-state index contributed by atoms with van der Waals surface area (Å²) in [4.78, 5) is 25.4. The number of aromatic nitrogens is 2. The number of alkyl halides is 2. The maximum Gasteiger partial charge on any atom is 0.404 e. The summed E-state index contributed by atoms with van der Waals surface area (Å²) in [6, 6.07) is 9.47. The van der Waals surface area contributed by atoms with Crippen LogP contribution < -0.4 is 5.69 Å². The predicted octanol–water partition coefficient (Wildman–Crippen LogP) is 4.78. The number of sulfone groups is 1. The minimum atomic E-state index is -5.61. The molecule has 4 unspecified atom stereocenters. The second-order valence-corrected chi connectivity index (χ2v) is 14.3. The number of ether oxygens (including phenoxy) is 3. The molecular weight excluding hydrogens is 653 g/mol. The number of benzene rings is 2. The quantitative estimate of drug-likeness (QED) is 0.157. The average Bonchev–Trinajstić information content (AvgIpc) is 3.46. The fourth-order valence-corrected chi connectivity index (χ4v) is 6.47. The molecule has 1 saturated heterocycles. The van der Waals surface area contributed by atoms with Gasteiger partial charge in [-0.05, 0) is 50.1 Å². The Balaban J connectivity index is 1.50. The maximum atomic E-state index is 15.2. The molecule has 0 radical (unpaired) electrons. The third kappa shape index (κ3) is 7.23. The Morgan fingerprint density at radius 1 is 1.15 bits per heavy atom. The van der Waals surface area contributed by atoms with Gasteiger partial charge in [-0.3, -0.25) is 13.7 Å². The molecule has 0 saturated carbocycles. The molecule has 0 aliphatic carbocycles. The van der Waals surface area contributed by atoms with Crippen LogP contribution in [0.1, 0.15) is 31.9 Å². The Morgan fingerprint density at radius 3 is 2.37 bits per heavy atom. The van der Waals surface area contributed by atoms with Gasteiger partial charge in [-0.15, -0.1) is 0 Å². The zero-order valence-corrected chi connectivity index (χ0v) is 25.6. The van der Waals surface area contributed by atoms with Gasteiger partial charge in [-0.25, -0.2) is 13.2 Å². The highest BCUT2D eigenvalue weighted by Gasteiger charge is 2.55. The van der Waals surface area contributed by atoms with Gasteiger partial charge >= 0.3 is 18.9 Å². The first-order valence-corrected chi connectivity index (χ1v) is 16.5. The highest BCUT2D eigenvalue weighted by atomic mass is 79.9. The molecule has 41 heavy (non-hydrogen) atoms. The summed E-state index contributed by atoms with van der Waals surface area (Å²) in [5.74, 6) is 0. The van der Waals surface area contributed by atoms with E-state index in [-0.39, 0.29) is 22.0 Å². The minimum absolute atomic E-state index is 0.0465. The largest absolute Gasteiger partial charge is 0.404 e. The number of hydrogen-bond donors (Lipinski definition) is 2. The molecule has 0 spiro atoms. The second-order valence-electron chi connectivity index (χ2n) is 9.60. The Kier molecular flexibility index (Phi) is 9.13. The van der Waals surface area contributed by atoms with Crippen LogP contribution in [0.5, 0.6) is 0 Å². The van der Waals surface area contributed by atoms with Crippen molar-refractivity contribution < 1.29 is 45.4 Å². The molecule has 16 heteroatoms. The number of nitrogens with zero attached hydrogens (tertiary/aromatic N) is 1. The van der Waals surface area contributed by atoms with Crippen molar-refractivity contribution in [2.45, 2.75) is 62.8 Å². The standard InChI is InChI=1S/C25H28BrF2N2O9PS/c1-14(2)36-22-23(38-22)37-15(3)39-40(32,33)25(27,28)19-10-5-16(11-20(19)26)13-30-21(12-29-24(30)31)17-6-8-18(9-7-17)41(4,34)35/h5-12,14-15,22-23H,13H2,1-4H3,(H,29,31)(H,32,33). The van der Waals surface area contributed by atoms with Crippen molar-refractivity contribution in [3.05, 3.63) is 74.7 Å². The average molecular weight is 681 g/mol. The zero-order valence-electron chi connectivity index (χ0n) is 22.3.